The molecule has 6 heteroatoms. The molecule has 0 aromatic carbocycles. The minimum Gasteiger partial charge on any atom is -0.481 e. The van der Waals surface area contributed by atoms with Crippen LogP contribution in [0.25, 0.3) is 0 Å². The summed E-state index contributed by atoms with van der Waals surface area (Å²) in [5.41, 5.74) is -1.28. The molecule has 1 heterocycles. The van der Waals surface area contributed by atoms with Gasteiger partial charge in [-0.1, -0.05) is 12.8 Å². The number of nitrogens with one attached hydrogen (secondary N) is 1. The van der Waals surface area contributed by atoms with E-state index < -0.39 is 17.0 Å². The fourth-order valence-corrected chi connectivity index (χ4v) is 3.46. The van der Waals surface area contributed by atoms with Crippen LogP contribution in [-0.2, 0) is 14.3 Å². The van der Waals surface area contributed by atoms with Gasteiger partial charge in [-0.05, 0) is 18.3 Å². The highest BCUT2D eigenvalue weighted by Gasteiger charge is 2.38. The van der Waals surface area contributed by atoms with E-state index in [0.29, 0.717) is 26.1 Å². The maximum absolute atomic E-state index is 12.1. The lowest BCUT2D eigenvalue weighted by Gasteiger charge is -2.33. The van der Waals surface area contributed by atoms with Gasteiger partial charge >= 0.3 is 5.97 Å². The summed E-state index contributed by atoms with van der Waals surface area (Å²) in [5, 5.41) is 22.1. The second-order valence-electron chi connectivity index (χ2n) is 6.57. The first kappa shape index (κ1) is 16.2. The van der Waals surface area contributed by atoms with Crippen LogP contribution in [0.2, 0.25) is 0 Å². The van der Waals surface area contributed by atoms with E-state index in [0.717, 1.165) is 25.7 Å². The number of hydrogen-bond acceptors (Lipinski definition) is 4. The molecule has 1 saturated heterocycles. The van der Waals surface area contributed by atoms with Gasteiger partial charge in [0.15, 0.2) is 0 Å². The van der Waals surface area contributed by atoms with Crippen LogP contribution in [-0.4, -0.2) is 47.4 Å². The highest BCUT2D eigenvalue weighted by molar-refractivity contribution is 5.78. The lowest BCUT2D eigenvalue weighted by atomic mass is 9.79. The molecule has 2 aliphatic rings. The molecule has 0 bridgehead atoms. The van der Waals surface area contributed by atoms with Gasteiger partial charge in [-0.2, -0.15) is 0 Å². The summed E-state index contributed by atoms with van der Waals surface area (Å²) in [5.74, 6) is -0.995. The van der Waals surface area contributed by atoms with Gasteiger partial charge in [0.1, 0.15) is 0 Å². The van der Waals surface area contributed by atoms with Crippen LogP contribution in [0.5, 0.6) is 0 Å². The van der Waals surface area contributed by atoms with Crippen molar-refractivity contribution in [2.75, 3.05) is 19.8 Å². The molecular weight excluding hydrogens is 274 g/mol. The Bertz CT molecular complexity index is 384. The summed E-state index contributed by atoms with van der Waals surface area (Å²) in [4.78, 5) is 23.1. The average molecular weight is 299 g/mol. The minimum atomic E-state index is -0.885. The molecule has 0 unspecified atom stereocenters. The molecule has 0 aromatic heterocycles. The molecule has 1 saturated carbocycles. The van der Waals surface area contributed by atoms with E-state index in [9.17, 15) is 14.7 Å². The highest BCUT2D eigenvalue weighted by Crippen LogP contribution is 2.44. The molecule has 1 aliphatic carbocycles. The first-order valence-electron chi connectivity index (χ1n) is 7.72. The Labute approximate surface area is 124 Å². The van der Waals surface area contributed by atoms with Gasteiger partial charge in [0.05, 0.1) is 12.0 Å². The average Bonchev–Trinajstić information content (AvgIpc) is 2.85. The van der Waals surface area contributed by atoms with E-state index >= 15 is 0 Å². The van der Waals surface area contributed by atoms with Gasteiger partial charge in [-0.25, -0.2) is 0 Å². The maximum atomic E-state index is 12.1. The first-order chi connectivity index (χ1) is 9.93. The monoisotopic (exact) mass is 299 g/mol. The summed E-state index contributed by atoms with van der Waals surface area (Å²) in [6, 6.07) is 0. The van der Waals surface area contributed by atoms with Crippen molar-refractivity contribution in [2.45, 2.75) is 57.0 Å². The molecule has 0 spiro atoms. The zero-order valence-electron chi connectivity index (χ0n) is 12.4. The lowest BCUT2D eigenvalue weighted by Crippen LogP contribution is -2.47. The summed E-state index contributed by atoms with van der Waals surface area (Å²) in [7, 11) is 0. The van der Waals surface area contributed by atoms with Crippen molar-refractivity contribution < 1.29 is 24.5 Å². The summed E-state index contributed by atoms with van der Waals surface area (Å²) in [6.45, 7) is 1.24. The van der Waals surface area contributed by atoms with Crippen LogP contribution in [0.15, 0.2) is 0 Å². The molecule has 1 aliphatic heterocycles. The van der Waals surface area contributed by atoms with E-state index in [1.807, 2.05) is 0 Å². The van der Waals surface area contributed by atoms with E-state index in [2.05, 4.69) is 5.32 Å². The van der Waals surface area contributed by atoms with Crippen molar-refractivity contribution >= 4 is 11.9 Å². The van der Waals surface area contributed by atoms with Crippen LogP contribution in [0.1, 0.15) is 51.4 Å². The maximum Gasteiger partial charge on any atom is 0.303 e. The Morgan fingerprint density at radius 3 is 2.24 bits per heavy atom. The van der Waals surface area contributed by atoms with Gasteiger partial charge in [0, 0.05) is 39.0 Å². The third kappa shape index (κ3) is 4.68. The number of hydrogen-bond donors (Lipinski definition) is 3. The number of carbonyl (C=O) groups excluding carboxylic acids is 1. The van der Waals surface area contributed by atoms with Crippen LogP contribution < -0.4 is 5.32 Å². The van der Waals surface area contributed by atoms with E-state index in [1.165, 1.54) is 0 Å². The molecule has 120 valence electrons. The van der Waals surface area contributed by atoms with Gasteiger partial charge in [-0.15, -0.1) is 0 Å². The molecule has 0 atom stereocenters. The topological polar surface area (TPSA) is 95.9 Å². The summed E-state index contributed by atoms with van der Waals surface area (Å²) >= 11 is 0. The molecule has 2 rings (SSSR count). The predicted octanol–water partition coefficient (Wildman–Crippen LogP) is 1.07. The Morgan fingerprint density at radius 2 is 1.67 bits per heavy atom. The van der Waals surface area contributed by atoms with Crippen molar-refractivity contribution in [2.24, 2.45) is 5.41 Å². The fraction of sp³-hybridized carbons (Fsp3) is 0.867. The smallest absolute Gasteiger partial charge is 0.303 e. The van der Waals surface area contributed by atoms with Crippen LogP contribution in [0.4, 0.5) is 0 Å². The quantitative estimate of drug-likeness (QED) is 0.682. The minimum absolute atomic E-state index is 0.0541. The lowest BCUT2D eigenvalue weighted by molar-refractivity contribution is -0.140. The number of carbonyl (C=O) groups is 2. The number of ether oxygens (including phenoxy) is 1. The number of aliphatic carboxylic acids is 1. The van der Waals surface area contributed by atoms with E-state index in [4.69, 9.17) is 9.84 Å². The second-order valence-corrected chi connectivity index (χ2v) is 6.57. The zero-order valence-corrected chi connectivity index (χ0v) is 12.4. The summed E-state index contributed by atoms with van der Waals surface area (Å²) in [6.07, 6.45) is 4.91. The largest absolute Gasteiger partial charge is 0.481 e. The molecule has 2 fully saturated rings. The van der Waals surface area contributed by atoms with Crippen molar-refractivity contribution in [3.63, 3.8) is 0 Å². The second kappa shape index (κ2) is 6.75. The zero-order chi connectivity index (χ0) is 15.3. The van der Waals surface area contributed by atoms with E-state index in [-0.39, 0.29) is 25.3 Å². The fourth-order valence-electron chi connectivity index (χ4n) is 3.46. The normalized spacial score (nSPS) is 23.7. The third-order valence-corrected chi connectivity index (χ3v) is 4.76. The third-order valence-electron chi connectivity index (χ3n) is 4.76. The Hall–Kier alpha value is -1.14. The van der Waals surface area contributed by atoms with Gasteiger partial charge in [-0.3, -0.25) is 9.59 Å². The van der Waals surface area contributed by atoms with Crippen molar-refractivity contribution in [3.8, 4) is 0 Å². The molecule has 0 radical (unpaired) electrons. The van der Waals surface area contributed by atoms with Crippen LogP contribution >= 0.6 is 0 Å². The highest BCUT2D eigenvalue weighted by atomic mass is 16.5. The molecule has 6 nitrogen and oxygen atoms in total. The van der Waals surface area contributed by atoms with Crippen LogP contribution in [0, 0.1) is 5.41 Å². The molecule has 0 aromatic rings. The summed E-state index contributed by atoms with van der Waals surface area (Å²) < 4.78 is 5.20. The van der Waals surface area contributed by atoms with Gasteiger partial charge in [0.2, 0.25) is 5.91 Å². The molecule has 21 heavy (non-hydrogen) atoms. The van der Waals surface area contributed by atoms with Gasteiger partial charge in [0.25, 0.3) is 0 Å². The number of amides is 1. The number of carboxylic acid groups (broad SMARTS) is 1. The van der Waals surface area contributed by atoms with E-state index in [1.54, 1.807) is 0 Å². The Kier molecular flexibility index (Phi) is 5.22. The molecule has 1 amide bonds. The Morgan fingerprint density at radius 1 is 1.05 bits per heavy atom. The van der Waals surface area contributed by atoms with Crippen molar-refractivity contribution in [1.82, 2.24) is 5.32 Å². The number of aliphatic hydroxyl groups is 1. The molecule has 3 N–H and O–H groups in total. The first-order valence-corrected chi connectivity index (χ1v) is 7.72. The van der Waals surface area contributed by atoms with Crippen molar-refractivity contribution in [1.29, 1.82) is 0 Å². The van der Waals surface area contributed by atoms with Crippen LogP contribution in [0.3, 0.4) is 0 Å². The standard InChI is InChI=1S/C15H25NO5/c17-12(16-11-15(20)5-7-21-8-6-15)9-14(10-13(18)19)3-1-2-4-14/h20H,1-11H2,(H,16,17)(H,18,19). The SMILES string of the molecule is O=C(O)CC1(CC(=O)NCC2(O)CCOCC2)CCCC1. The van der Waals surface area contributed by atoms with Crippen molar-refractivity contribution in [3.05, 3.63) is 0 Å². The number of carboxylic acids is 1. The van der Waals surface area contributed by atoms with Gasteiger partial charge < -0.3 is 20.3 Å². The Balaban J connectivity index is 1.83. The molecular formula is C15H25NO5. The predicted molar refractivity (Wildman–Crippen MR) is 75.8 cm³/mol. The number of rotatable bonds is 6.